The molecule has 1 aliphatic heterocycles. The van der Waals surface area contributed by atoms with Gasteiger partial charge >= 0.3 is 0 Å². The number of likely N-dealkylation sites (N-methyl/N-ethyl adjacent to an activating group) is 2. The SMILES string of the molecule is CCNC(=NCC1CN(C)CCN1C)NCCc1c[nH]c2c(C)cccc12. The topological polar surface area (TPSA) is 58.7 Å². The summed E-state index contributed by atoms with van der Waals surface area (Å²) in [5, 5.41) is 8.19. The second kappa shape index (κ2) is 9.24. The molecule has 1 atom stereocenters. The molecule has 2 heterocycles. The molecular formula is C21H34N6. The highest BCUT2D eigenvalue weighted by molar-refractivity contribution is 5.86. The maximum atomic E-state index is 4.84. The fraction of sp³-hybridized carbons (Fsp3) is 0.571. The third-order valence-corrected chi connectivity index (χ3v) is 5.48. The summed E-state index contributed by atoms with van der Waals surface area (Å²) in [6, 6.07) is 6.96. The highest BCUT2D eigenvalue weighted by atomic mass is 15.3. The summed E-state index contributed by atoms with van der Waals surface area (Å²) in [6.45, 7) is 10.2. The van der Waals surface area contributed by atoms with E-state index >= 15 is 0 Å². The average Bonchev–Trinajstić information content (AvgIpc) is 3.07. The molecule has 1 fully saturated rings. The summed E-state index contributed by atoms with van der Waals surface area (Å²) in [4.78, 5) is 13.1. The van der Waals surface area contributed by atoms with Crippen LogP contribution in [0.25, 0.3) is 10.9 Å². The Bertz CT molecular complexity index is 765. The first-order valence-corrected chi connectivity index (χ1v) is 10.0. The van der Waals surface area contributed by atoms with E-state index in [2.05, 4.69) is 77.8 Å². The molecule has 1 aliphatic rings. The van der Waals surface area contributed by atoms with Crippen molar-refractivity contribution in [1.82, 2.24) is 25.4 Å². The summed E-state index contributed by atoms with van der Waals surface area (Å²) < 4.78 is 0. The molecule has 1 unspecified atom stereocenters. The fourth-order valence-corrected chi connectivity index (χ4v) is 3.72. The zero-order chi connectivity index (χ0) is 19.2. The van der Waals surface area contributed by atoms with E-state index in [1.165, 1.54) is 22.0 Å². The number of H-pyrrole nitrogens is 1. The van der Waals surface area contributed by atoms with E-state index in [-0.39, 0.29) is 0 Å². The monoisotopic (exact) mass is 370 g/mol. The first-order valence-electron chi connectivity index (χ1n) is 10.0. The molecular weight excluding hydrogens is 336 g/mol. The van der Waals surface area contributed by atoms with Crippen molar-refractivity contribution in [3.8, 4) is 0 Å². The average molecular weight is 371 g/mol. The van der Waals surface area contributed by atoms with Crippen molar-refractivity contribution in [2.75, 3.05) is 53.4 Å². The van der Waals surface area contributed by atoms with E-state index in [0.717, 1.165) is 51.6 Å². The smallest absolute Gasteiger partial charge is 0.191 e. The Hall–Kier alpha value is -2.05. The van der Waals surface area contributed by atoms with Gasteiger partial charge in [-0.3, -0.25) is 9.89 Å². The van der Waals surface area contributed by atoms with Crippen molar-refractivity contribution in [3.05, 3.63) is 35.5 Å². The van der Waals surface area contributed by atoms with E-state index in [1.807, 2.05) is 0 Å². The van der Waals surface area contributed by atoms with Gasteiger partial charge in [-0.25, -0.2) is 0 Å². The minimum atomic E-state index is 0.482. The van der Waals surface area contributed by atoms with Crippen LogP contribution in [0.5, 0.6) is 0 Å². The number of aliphatic imine (C=N–C) groups is 1. The van der Waals surface area contributed by atoms with Crippen LogP contribution < -0.4 is 10.6 Å². The molecule has 27 heavy (non-hydrogen) atoms. The standard InChI is InChI=1S/C21H34N6/c1-5-22-21(25-14-18-15-26(3)11-12-27(18)4)23-10-9-17-13-24-20-16(2)7-6-8-19(17)20/h6-8,13,18,24H,5,9-12,14-15H2,1-4H3,(H2,22,23,25). The van der Waals surface area contributed by atoms with E-state index in [1.54, 1.807) is 0 Å². The second-order valence-electron chi connectivity index (χ2n) is 7.60. The highest BCUT2D eigenvalue weighted by Gasteiger charge is 2.21. The zero-order valence-electron chi connectivity index (χ0n) is 17.2. The van der Waals surface area contributed by atoms with Crippen molar-refractivity contribution >= 4 is 16.9 Å². The summed E-state index contributed by atoms with van der Waals surface area (Å²) >= 11 is 0. The van der Waals surface area contributed by atoms with Gasteiger partial charge in [0.25, 0.3) is 0 Å². The lowest BCUT2D eigenvalue weighted by Crippen LogP contribution is -2.51. The molecule has 0 aliphatic carbocycles. The van der Waals surface area contributed by atoms with Crippen LogP contribution in [0, 0.1) is 6.92 Å². The summed E-state index contributed by atoms with van der Waals surface area (Å²) in [5.41, 5.74) is 3.89. The predicted octanol–water partition coefficient (Wildman–Crippen LogP) is 1.82. The molecule has 3 rings (SSSR count). The van der Waals surface area contributed by atoms with Crippen LogP contribution in [0.2, 0.25) is 0 Å². The maximum absolute atomic E-state index is 4.84. The minimum Gasteiger partial charge on any atom is -0.361 e. The highest BCUT2D eigenvalue weighted by Crippen LogP contribution is 2.21. The Labute approximate surface area is 163 Å². The van der Waals surface area contributed by atoms with Crippen molar-refractivity contribution in [3.63, 3.8) is 0 Å². The molecule has 0 bridgehead atoms. The number of para-hydroxylation sites is 1. The Kier molecular flexibility index (Phi) is 6.74. The number of piperazine rings is 1. The molecule has 3 N–H and O–H groups in total. The van der Waals surface area contributed by atoms with Gasteiger partial charge in [0, 0.05) is 55.9 Å². The molecule has 0 amide bonds. The summed E-state index contributed by atoms with van der Waals surface area (Å²) in [5.74, 6) is 0.912. The summed E-state index contributed by atoms with van der Waals surface area (Å²) in [6.07, 6.45) is 3.11. The molecule has 6 heteroatoms. The van der Waals surface area contributed by atoms with E-state index in [4.69, 9.17) is 4.99 Å². The number of hydrogen-bond acceptors (Lipinski definition) is 3. The fourth-order valence-electron chi connectivity index (χ4n) is 3.72. The van der Waals surface area contributed by atoms with Crippen LogP contribution in [0.1, 0.15) is 18.1 Å². The van der Waals surface area contributed by atoms with E-state index in [9.17, 15) is 0 Å². The lowest BCUT2D eigenvalue weighted by atomic mass is 10.1. The van der Waals surface area contributed by atoms with Gasteiger partial charge < -0.3 is 20.5 Å². The van der Waals surface area contributed by atoms with E-state index in [0.29, 0.717) is 6.04 Å². The number of nitrogens with zero attached hydrogens (tertiary/aromatic N) is 3. The molecule has 2 aromatic rings. The van der Waals surface area contributed by atoms with Crippen LogP contribution in [0.3, 0.4) is 0 Å². The van der Waals surface area contributed by atoms with Crippen molar-refractivity contribution in [2.24, 2.45) is 4.99 Å². The van der Waals surface area contributed by atoms with Crippen LogP contribution >= 0.6 is 0 Å². The Morgan fingerprint density at radius 2 is 2.11 bits per heavy atom. The largest absolute Gasteiger partial charge is 0.361 e. The zero-order valence-corrected chi connectivity index (χ0v) is 17.2. The third kappa shape index (κ3) is 5.02. The molecule has 1 aromatic heterocycles. The molecule has 0 radical (unpaired) electrons. The van der Waals surface area contributed by atoms with Gasteiger partial charge in [0.15, 0.2) is 5.96 Å². The maximum Gasteiger partial charge on any atom is 0.191 e. The lowest BCUT2D eigenvalue weighted by Gasteiger charge is -2.36. The van der Waals surface area contributed by atoms with Gasteiger partial charge in [0.1, 0.15) is 0 Å². The lowest BCUT2D eigenvalue weighted by molar-refractivity contribution is 0.119. The molecule has 0 spiro atoms. The summed E-state index contributed by atoms with van der Waals surface area (Å²) in [7, 11) is 4.39. The van der Waals surface area contributed by atoms with Gasteiger partial charge in [-0.05, 0) is 45.5 Å². The number of aryl methyl sites for hydroxylation is 1. The van der Waals surface area contributed by atoms with Crippen LogP contribution in [-0.4, -0.2) is 80.1 Å². The molecule has 6 nitrogen and oxygen atoms in total. The van der Waals surface area contributed by atoms with Crippen LogP contribution in [0.4, 0.5) is 0 Å². The number of benzene rings is 1. The van der Waals surface area contributed by atoms with Gasteiger partial charge in [-0.1, -0.05) is 18.2 Å². The first kappa shape index (κ1) is 19.7. The molecule has 1 aromatic carbocycles. The normalized spacial score (nSPS) is 19.6. The number of nitrogens with one attached hydrogen (secondary N) is 3. The number of hydrogen-bond donors (Lipinski definition) is 3. The van der Waals surface area contributed by atoms with Crippen LogP contribution in [-0.2, 0) is 6.42 Å². The Balaban J connectivity index is 1.56. The predicted molar refractivity (Wildman–Crippen MR) is 115 cm³/mol. The van der Waals surface area contributed by atoms with E-state index < -0.39 is 0 Å². The van der Waals surface area contributed by atoms with Crippen LogP contribution in [0.15, 0.2) is 29.4 Å². The van der Waals surface area contributed by atoms with Crippen molar-refractivity contribution in [2.45, 2.75) is 26.3 Å². The van der Waals surface area contributed by atoms with Crippen molar-refractivity contribution < 1.29 is 0 Å². The Morgan fingerprint density at radius 3 is 2.93 bits per heavy atom. The van der Waals surface area contributed by atoms with Gasteiger partial charge in [-0.15, -0.1) is 0 Å². The van der Waals surface area contributed by atoms with Crippen molar-refractivity contribution in [1.29, 1.82) is 0 Å². The van der Waals surface area contributed by atoms with Gasteiger partial charge in [0.2, 0.25) is 0 Å². The van der Waals surface area contributed by atoms with Gasteiger partial charge in [0.05, 0.1) is 6.54 Å². The minimum absolute atomic E-state index is 0.482. The number of rotatable bonds is 6. The number of guanidine groups is 1. The number of fused-ring (bicyclic) bond motifs is 1. The third-order valence-electron chi connectivity index (χ3n) is 5.48. The number of aromatic nitrogens is 1. The second-order valence-corrected chi connectivity index (χ2v) is 7.60. The molecule has 148 valence electrons. The molecule has 1 saturated heterocycles. The number of aromatic amines is 1. The Morgan fingerprint density at radius 1 is 1.26 bits per heavy atom. The molecule has 0 saturated carbocycles. The quantitative estimate of drug-likeness (QED) is 0.536. The van der Waals surface area contributed by atoms with Gasteiger partial charge in [-0.2, -0.15) is 0 Å². The first-order chi connectivity index (χ1) is 13.1.